The van der Waals surface area contributed by atoms with Crippen molar-refractivity contribution in [2.75, 3.05) is 13.7 Å². The van der Waals surface area contributed by atoms with E-state index in [0.29, 0.717) is 22.4 Å². The van der Waals surface area contributed by atoms with E-state index in [9.17, 15) is 4.39 Å². The maximum atomic E-state index is 14.0. The number of ether oxygens (including phenoxy) is 1. The zero-order valence-electron chi connectivity index (χ0n) is 8.82. The fraction of sp³-hybridized carbons (Fsp3) is 0.455. The van der Waals surface area contributed by atoms with E-state index in [1.807, 2.05) is 7.05 Å². The molecular formula is C11H12BrClFNO. The van der Waals surface area contributed by atoms with E-state index < -0.39 is 0 Å². The first kappa shape index (κ1) is 12.1. The van der Waals surface area contributed by atoms with Gasteiger partial charge < -0.3 is 10.1 Å². The van der Waals surface area contributed by atoms with Crippen molar-refractivity contribution < 1.29 is 9.13 Å². The molecule has 1 aromatic carbocycles. The number of nitrogens with one attached hydrogen (secondary N) is 1. The summed E-state index contributed by atoms with van der Waals surface area (Å²) in [4.78, 5) is 0. The molecule has 1 aliphatic rings. The van der Waals surface area contributed by atoms with Gasteiger partial charge in [0.15, 0.2) is 0 Å². The fourth-order valence-corrected chi connectivity index (χ4v) is 2.85. The molecule has 2 nitrogen and oxygen atoms in total. The lowest BCUT2D eigenvalue weighted by atomic mass is 10.0. The largest absolute Gasteiger partial charge is 0.492 e. The van der Waals surface area contributed by atoms with E-state index in [1.54, 1.807) is 0 Å². The molecule has 0 saturated carbocycles. The lowest BCUT2D eigenvalue weighted by Crippen LogP contribution is -2.17. The molecule has 0 radical (unpaired) electrons. The summed E-state index contributed by atoms with van der Waals surface area (Å²) in [5.74, 6) is 0.180. The summed E-state index contributed by atoms with van der Waals surface area (Å²) in [6.07, 6.45) is 1.73. The lowest BCUT2D eigenvalue weighted by molar-refractivity contribution is 0.313. The van der Waals surface area contributed by atoms with Gasteiger partial charge in [-0.2, -0.15) is 0 Å². The molecule has 1 atom stereocenters. The monoisotopic (exact) mass is 307 g/mol. The van der Waals surface area contributed by atoms with Crippen LogP contribution in [0.2, 0.25) is 5.02 Å². The average molecular weight is 309 g/mol. The zero-order chi connectivity index (χ0) is 11.7. The van der Waals surface area contributed by atoms with Crippen molar-refractivity contribution in [3.8, 4) is 5.75 Å². The Morgan fingerprint density at radius 2 is 2.38 bits per heavy atom. The predicted octanol–water partition coefficient (Wildman–Crippen LogP) is 3.67. The van der Waals surface area contributed by atoms with E-state index in [0.717, 1.165) is 12.8 Å². The molecule has 0 spiro atoms. The topological polar surface area (TPSA) is 21.3 Å². The molecule has 88 valence electrons. The van der Waals surface area contributed by atoms with Gasteiger partial charge >= 0.3 is 0 Å². The number of halogens is 3. The van der Waals surface area contributed by atoms with Crippen molar-refractivity contribution >= 4 is 27.5 Å². The van der Waals surface area contributed by atoms with Gasteiger partial charge in [0.25, 0.3) is 0 Å². The van der Waals surface area contributed by atoms with Crippen LogP contribution < -0.4 is 10.1 Å². The van der Waals surface area contributed by atoms with Gasteiger partial charge in [0.1, 0.15) is 11.6 Å². The van der Waals surface area contributed by atoms with Gasteiger partial charge in [-0.25, -0.2) is 4.39 Å². The van der Waals surface area contributed by atoms with E-state index in [1.165, 1.54) is 6.07 Å². The molecule has 0 aliphatic carbocycles. The van der Waals surface area contributed by atoms with Gasteiger partial charge in [-0.05, 0) is 41.9 Å². The van der Waals surface area contributed by atoms with Crippen LogP contribution in [-0.2, 0) is 0 Å². The maximum Gasteiger partial charge on any atom is 0.150 e. The van der Waals surface area contributed by atoms with Crippen LogP contribution in [0.3, 0.4) is 0 Å². The number of benzene rings is 1. The number of rotatable bonds is 1. The van der Waals surface area contributed by atoms with Gasteiger partial charge in [0.05, 0.1) is 16.1 Å². The van der Waals surface area contributed by atoms with Crippen LogP contribution in [-0.4, -0.2) is 13.7 Å². The second-order valence-corrected chi connectivity index (χ2v) is 4.99. The summed E-state index contributed by atoms with van der Waals surface area (Å²) in [6.45, 7) is 0.602. The molecule has 1 unspecified atom stereocenters. The normalized spacial score (nSPS) is 19.9. The summed E-state index contributed by atoms with van der Waals surface area (Å²) < 4.78 is 20.3. The van der Waals surface area contributed by atoms with Crippen molar-refractivity contribution in [3.05, 3.63) is 26.9 Å². The lowest BCUT2D eigenvalue weighted by Gasteiger charge is -2.18. The molecule has 0 fully saturated rings. The highest BCUT2D eigenvalue weighted by Crippen LogP contribution is 2.41. The Labute approximate surface area is 107 Å². The highest BCUT2D eigenvalue weighted by atomic mass is 79.9. The minimum atomic E-state index is -0.388. The second-order valence-electron chi connectivity index (χ2n) is 3.73. The first-order valence-electron chi connectivity index (χ1n) is 5.12. The minimum Gasteiger partial charge on any atom is -0.492 e. The van der Waals surface area contributed by atoms with E-state index >= 15 is 0 Å². The van der Waals surface area contributed by atoms with Crippen molar-refractivity contribution in [2.45, 2.75) is 18.9 Å². The summed E-state index contributed by atoms with van der Waals surface area (Å²) in [6, 6.07) is 1.49. The quantitative estimate of drug-likeness (QED) is 0.799. The van der Waals surface area contributed by atoms with Crippen LogP contribution >= 0.6 is 27.5 Å². The van der Waals surface area contributed by atoms with Crippen LogP contribution in [0.5, 0.6) is 5.75 Å². The predicted molar refractivity (Wildman–Crippen MR) is 65.6 cm³/mol. The summed E-state index contributed by atoms with van der Waals surface area (Å²) in [7, 11) is 1.81. The van der Waals surface area contributed by atoms with Crippen LogP contribution in [0.1, 0.15) is 24.4 Å². The fourth-order valence-electron chi connectivity index (χ4n) is 1.95. The first-order chi connectivity index (χ1) is 7.65. The number of hydrogen-bond acceptors (Lipinski definition) is 2. The molecule has 0 amide bonds. The second kappa shape index (κ2) is 4.90. The molecule has 1 aromatic rings. The van der Waals surface area contributed by atoms with Gasteiger partial charge in [0.2, 0.25) is 0 Å². The first-order valence-corrected chi connectivity index (χ1v) is 6.29. The number of hydrogen-bond donors (Lipinski definition) is 1. The summed E-state index contributed by atoms with van der Waals surface area (Å²) in [5.41, 5.74) is 0.527. The van der Waals surface area contributed by atoms with Crippen molar-refractivity contribution in [1.82, 2.24) is 5.32 Å². The molecule has 5 heteroatoms. The van der Waals surface area contributed by atoms with E-state index in [2.05, 4.69) is 21.2 Å². The van der Waals surface area contributed by atoms with Crippen LogP contribution in [0, 0.1) is 5.82 Å². The van der Waals surface area contributed by atoms with Gasteiger partial charge in [-0.15, -0.1) is 0 Å². The highest BCUT2D eigenvalue weighted by Gasteiger charge is 2.26. The average Bonchev–Trinajstić information content (AvgIpc) is 2.48. The van der Waals surface area contributed by atoms with E-state index in [4.69, 9.17) is 16.3 Å². The zero-order valence-corrected chi connectivity index (χ0v) is 11.2. The standard InChI is InChI=1S/C11H12BrClFNO/c1-15-8-3-2-4-16-11-6(12)5-7(13)10(14)9(8)11/h5,8,15H,2-4H2,1H3. The molecule has 1 heterocycles. The van der Waals surface area contributed by atoms with E-state index in [-0.39, 0.29) is 16.9 Å². The Bertz CT molecular complexity index is 413. The Balaban J connectivity index is 2.61. The molecule has 1 aliphatic heterocycles. The Hall–Kier alpha value is -0.320. The van der Waals surface area contributed by atoms with Crippen molar-refractivity contribution in [2.24, 2.45) is 0 Å². The Kier molecular flexibility index (Phi) is 3.72. The van der Waals surface area contributed by atoms with Crippen LogP contribution in [0.15, 0.2) is 10.5 Å². The molecule has 0 aromatic heterocycles. The molecule has 0 saturated heterocycles. The third-order valence-electron chi connectivity index (χ3n) is 2.74. The maximum absolute atomic E-state index is 14.0. The smallest absolute Gasteiger partial charge is 0.150 e. The molecule has 2 rings (SSSR count). The van der Waals surface area contributed by atoms with Crippen LogP contribution in [0.25, 0.3) is 0 Å². The Morgan fingerprint density at radius 3 is 3.06 bits per heavy atom. The van der Waals surface area contributed by atoms with Crippen molar-refractivity contribution in [1.29, 1.82) is 0 Å². The van der Waals surface area contributed by atoms with Gasteiger partial charge in [-0.1, -0.05) is 11.6 Å². The summed E-state index contributed by atoms with van der Waals surface area (Å²) >= 11 is 9.19. The molecule has 16 heavy (non-hydrogen) atoms. The van der Waals surface area contributed by atoms with Gasteiger partial charge in [-0.3, -0.25) is 0 Å². The third kappa shape index (κ3) is 2.06. The Morgan fingerprint density at radius 1 is 1.62 bits per heavy atom. The van der Waals surface area contributed by atoms with Gasteiger partial charge in [0, 0.05) is 11.6 Å². The molecule has 0 bridgehead atoms. The molecule has 1 N–H and O–H groups in total. The third-order valence-corrected chi connectivity index (χ3v) is 3.61. The number of fused-ring (bicyclic) bond motifs is 1. The molecular weight excluding hydrogens is 296 g/mol. The minimum absolute atomic E-state index is 0.0486. The van der Waals surface area contributed by atoms with Crippen LogP contribution in [0.4, 0.5) is 4.39 Å². The summed E-state index contributed by atoms with van der Waals surface area (Å²) in [5, 5.41) is 3.22. The highest BCUT2D eigenvalue weighted by molar-refractivity contribution is 9.10. The SMILES string of the molecule is CNC1CCCOc2c(Br)cc(Cl)c(F)c21. The van der Waals surface area contributed by atoms with Crippen molar-refractivity contribution in [3.63, 3.8) is 0 Å².